The number of halogens is 1. The summed E-state index contributed by atoms with van der Waals surface area (Å²) in [5.74, 6) is -0.0743. The van der Waals surface area contributed by atoms with Crippen LogP contribution in [0.3, 0.4) is 0 Å². The van der Waals surface area contributed by atoms with E-state index in [2.05, 4.69) is 0 Å². The minimum atomic E-state index is -0.550. The summed E-state index contributed by atoms with van der Waals surface area (Å²) in [7, 11) is 0. The Balaban J connectivity index is 2.17. The highest BCUT2D eigenvalue weighted by molar-refractivity contribution is 6.33. The van der Waals surface area contributed by atoms with Crippen LogP contribution in [0.2, 0.25) is 5.02 Å². The molecule has 0 spiro atoms. The number of hydrogen-bond donors (Lipinski definition) is 1. The third-order valence-electron chi connectivity index (χ3n) is 3.55. The lowest BCUT2D eigenvalue weighted by molar-refractivity contribution is -0.384. The summed E-state index contributed by atoms with van der Waals surface area (Å²) in [5.41, 5.74) is 0.00584. The molecule has 6 nitrogen and oxygen atoms in total. The first-order valence-corrected chi connectivity index (χ1v) is 6.74. The first-order chi connectivity index (χ1) is 9.52. The number of rotatable bonds is 3. The highest BCUT2D eigenvalue weighted by Crippen LogP contribution is 2.25. The smallest absolute Gasteiger partial charge is 0.270 e. The van der Waals surface area contributed by atoms with Crippen molar-refractivity contribution in [3.63, 3.8) is 0 Å². The molecule has 1 fully saturated rings. The molecule has 0 aliphatic carbocycles. The van der Waals surface area contributed by atoms with Gasteiger partial charge in [0.1, 0.15) is 0 Å². The maximum absolute atomic E-state index is 12.3. The number of nitro groups is 1. The van der Waals surface area contributed by atoms with Gasteiger partial charge in [0.15, 0.2) is 0 Å². The highest BCUT2D eigenvalue weighted by atomic mass is 35.5. The van der Waals surface area contributed by atoms with Gasteiger partial charge in [-0.1, -0.05) is 11.6 Å². The Morgan fingerprint density at radius 2 is 2.10 bits per heavy atom. The number of piperidine rings is 1. The second-order valence-electron chi connectivity index (χ2n) is 4.84. The summed E-state index contributed by atoms with van der Waals surface area (Å²) in [4.78, 5) is 24.2. The lowest BCUT2D eigenvalue weighted by Gasteiger charge is -2.31. The van der Waals surface area contributed by atoms with Crippen LogP contribution >= 0.6 is 11.6 Å². The summed E-state index contributed by atoms with van der Waals surface area (Å²) in [6.07, 6.45) is 1.46. The van der Waals surface area contributed by atoms with Crippen molar-refractivity contribution >= 4 is 23.2 Å². The van der Waals surface area contributed by atoms with E-state index in [0.29, 0.717) is 13.1 Å². The molecule has 0 bridgehead atoms. The standard InChI is InChI=1S/C13H15ClN2O4/c14-12-2-1-10(16(19)20)7-11(12)13(18)15-5-3-9(8-17)4-6-15/h1-2,7,9,17H,3-6,8H2. The van der Waals surface area contributed by atoms with E-state index in [4.69, 9.17) is 16.7 Å². The van der Waals surface area contributed by atoms with Crippen LogP contribution < -0.4 is 0 Å². The largest absolute Gasteiger partial charge is 0.396 e. The molecule has 1 aliphatic rings. The van der Waals surface area contributed by atoms with Gasteiger partial charge in [0, 0.05) is 31.8 Å². The number of nitrogens with zero attached hydrogens (tertiary/aromatic N) is 2. The Kier molecular flexibility index (Phi) is 4.57. The van der Waals surface area contributed by atoms with Crippen molar-refractivity contribution in [2.75, 3.05) is 19.7 Å². The molecule has 20 heavy (non-hydrogen) atoms. The number of hydrogen-bond acceptors (Lipinski definition) is 4. The van der Waals surface area contributed by atoms with Crippen molar-refractivity contribution < 1.29 is 14.8 Å². The molecular weight excluding hydrogens is 284 g/mol. The number of nitro benzene ring substituents is 1. The zero-order valence-electron chi connectivity index (χ0n) is 10.8. The van der Waals surface area contributed by atoms with Crippen LogP contribution in [0.15, 0.2) is 18.2 Å². The van der Waals surface area contributed by atoms with Gasteiger partial charge in [-0.2, -0.15) is 0 Å². The Hall–Kier alpha value is -1.66. The highest BCUT2D eigenvalue weighted by Gasteiger charge is 2.25. The number of aliphatic hydroxyl groups excluding tert-OH is 1. The molecule has 1 aromatic carbocycles. The van der Waals surface area contributed by atoms with Crippen molar-refractivity contribution in [3.8, 4) is 0 Å². The van der Waals surface area contributed by atoms with Gasteiger partial charge in [-0.25, -0.2) is 0 Å². The van der Waals surface area contributed by atoms with Gasteiger partial charge in [0.25, 0.3) is 11.6 Å². The van der Waals surface area contributed by atoms with Gasteiger partial charge in [0.2, 0.25) is 0 Å². The van der Waals surface area contributed by atoms with Crippen LogP contribution in [0.5, 0.6) is 0 Å². The lowest BCUT2D eigenvalue weighted by Crippen LogP contribution is -2.39. The molecule has 1 N–H and O–H groups in total. The average molecular weight is 299 g/mol. The predicted octanol–water partition coefficient (Wildman–Crippen LogP) is 2.09. The number of benzene rings is 1. The summed E-state index contributed by atoms with van der Waals surface area (Å²) < 4.78 is 0. The molecule has 1 aromatic rings. The predicted molar refractivity (Wildman–Crippen MR) is 73.8 cm³/mol. The van der Waals surface area contributed by atoms with E-state index in [1.54, 1.807) is 4.90 Å². The first kappa shape index (κ1) is 14.7. The van der Waals surface area contributed by atoms with Crippen molar-refractivity contribution in [1.29, 1.82) is 0 Å². The van der Waals surface area contributed by atoms with Gasteiger partial charge in [-0.3, -0.25) is 14.9 Å². The van der Waals surface area contributed by atoms with Gasteiger partial charge in [-0.05, 0) is 24.8 Å². The van der Waals surface area contributed by atoms with Gasteiger partial charge in [0.05, 0.1) is 15.5 Å². The molecule has 0 radical (unpaired) electrons. The van der Waals surface area contributed by atoms with Crippen LogP contribution in [0, 0.1) is 16.0 Å². The van der Waals surface area contributed by atoms with Crippen LogP contribution in [0.25, 0.3) is 0 Å². The molecule has 0 atom stereocenters. The average Bonchev–Trinajstić information content (AvgIpc) is 2.47. The van der Waals surface area contributed by atoms with Crippen LogP contribution in [0.4, 0.5) is 5.69 Å². The van der Waals surface area contributed by atoms with Crippen LogP contribution in [0.1, 0.15) is 23.2 Å². The van der Waals surface area contributed by atoms with E-state index in [0.717, 1.165) is 12.8 Å². The minimum absolute atomic E-state index is 0.125. The maximum atomic E-state index is 12.3. The molecule has 108 valence electrons. The van der Waals surface area contributed by atoms with E-state index in [9.17, 15) is 14.9 Å². The molecule has 1 saturated heterocycles. The van der Waals surface area contributed by atoms with E-state index in [-0.39, 0.29) is 34.7 Å². The molecule has 7 heteroatoms. The first-order valence-electron chi connectivity index (χ1n) is 6.37. The number of likely N-dealkylation sites (tertiary alicyclic amines) is 1. The number of amides is 1. The Bertz CT molecular complexity index is 527. The van der Waals surface area contributed by atoms with Crippen molar-refractivity contribution in [2.45, 2.75) is 12.8 Å². The minimum Gasteiger partial charge on any atom is -0.396 e. The fraction of sp³-hybridized carbons (Fsp3) is 0.462. The monoisotopic (exact) mass is 298 g/mol. The van der Waals surface area contributed by atoms with Crippen molar-refractivity contribution in [1.82, 2.24) is 4.90 Å². The van der Waals surface area contributed by atoms with Crippen LogP contribution in [-0.2, 0) is 0 Å². The molecular formula is C13H15ClN2O4. The number of non-ortho nitro benzene ring substituents is 1. The fourth-order valence-corrected chi connectivity index (χ4v) is 2.48. The Labute approximate surface area is 121 Å². The van der Waals surface area contributed by atoms with Gasteiger partial charge < -0.3 is 10.0 Å². The van der Waals surface area contributed by atoms with Gasteiger partial charge >= 0.3 is 0 Å². The van der Waals surface area contributed by atoms with Crippen molar-refractivity contribution in [3.05, 3.63) is 38.9 Å². The van der Waals surface area contributed by atoms with Gasteiger partial charge in [-0.15, -0.1) is 0 Å². The summed E-state index contributed by atoms with van der Waals surface area (Å²) >= 11 is 5.96. The van der Waals surface area contributed by atoms with Crippen LogP contribution in [-0.4, -0.2) is 40.5 Å². The zero-order chi connectivity index (χ0) is 14.7. The Morgan fingerprint density at radius 1 is 1.45 bits per heavy atom. The fourth-order valence-electron chi connectivity index (χ4n) is 2.28. The summed E-state index contributed by atoms with van der Waals surface area (Å²) in [6, 6.07) is 3.85. The molecule has 2 rings (SSSR count). The molecule has 1 aliphatic heterocycles. The molecule has 0 aromatic heterocycles. The number of carbonyl (C=O) groups excluding carboxylic acids is 1. The third kappa shape index (κ3) is 3.08. The topological polar surface area (TPSA) is 83.7 Å². The Morgan fingerprint density at radius 3 is 2.65 bits per heavy atom. The van der Waals surface area contributed by atoms with E-state index >= 15 is 0 Å². The molecule has 0 saturated carbocycles. The van der Waals surface area contributed by atoms with E-state index in [1.165, 1.54) is 18.2 Å². The lowest BCUT2D eigenvalue weighted by atomic mass is 9.97. The third-order valence-corrected chi connectivity index (χ3v) is 3.88. The molecule has 0 unspecified atom stereocenters. The summed E-state index contributed by atoms with van der Waals surface area (Å²) in [5, 5.41) is 20.0. The molecule has 1 heterocycles. The zero-order valence-corrected chi connectivity index (χ0v) is 11.5. The maximum Gasteiger partial charge on any atom is 0.270 e. The molecule has 1 amide bonds. The second-order valence-corrected chi connectivity index (χ2v) is 5.25. The normalized spacial score (nSPS) is 16.2. The van der Waals surface area contributed by atoms with E-state index in [1.807, 2.05) is 0 Å². The quantitative estimate of drug-likeness (QED) is 0.684. The summed E-state index contributed by atoms with van der Waals surface area (Å²) in [6.45, 7) is 1.19. The van der Waals surface area contributed by atoms with Crippen molar-refractivity contribution in [2.24, 2.45) is 5.92 Å². The van der Waals surface area contributed by atoms with E-state index < -0.39 is 4.92 Å². The SMILES string of the molecule is O=C(c1cc([N+](=O)[O-])ccc1Cl)N1CCC(CO)CC1. The second kappa shape index (κ2) is 6.19. The number of aliphatic hydroxyl groups is 1. The number of carbonyl (C=O) groups is 1.